The maximum atomic E-state index is 12.6. The molecule has 4 aromatic rings. The molecule has 0 aliphatic carbocycles. The number of nitrogens with one attached hydrogen (secondary N) is 1. The van der Waals surface area contributed by atoms with Gasteiger partial charge in [0.2, 0.25) is 5.91 Å². The number of benzene rings is 1. The number of amides is 1. The lowest BCUT2D eigenvalue weighted by Crippen LogP contribution is -2.27. The van der Waals surface area contributed by atoms with Gasteiger partial charge in [0.1, 0.15) is 11.4 Å². The molecule has 136 valence electrons. The van der Waals surface area contributed by atoms with Crippen LogP contribution in [0.2, 0.25) is 0 Å². The van der Waals surface area contributed by atoms with Crippen LogP contribution < -0.4 is 10.9 Å². The zero-order valence-corrected chi connectivity index (χ0v) is 15.8. The summed E-state index contributed by atoms with van der Waals surface area (Å²) in [5.74, 6) is -0.290. The Kier molecular flexibility index (Phi) is 4.45. The number of anilines is 1. The highest BCUT2D eigenvalue weighted by Crippen LogP contribution is 2.23. The first-order valence-corrected chi connectivity index (χ1v) is 9.50. The maximum Gasteiger partial charge on any atom is 0.262 e. The number of aryl methyl sites for hydroxylation is 2. The van der Waals surface area contributed by atoms with Crippen molar-refractivity contribution >= 4 is 44.1 Å². The van der Waals surface area contributed by atoms with E-state index in [0.29, 0.717) is 15.9 Å². The quantitative estimate of drug-likeness (QED) is 0.589. The average molecular weight is 378 g/mol. The van der Waals surface area contributed by atoms with Crippen molar-refractivity contribution < 1.29 is 4.79 Å². The minimum absolute atomic E-state index is 0.0959. The molecule has 0 saturated carbocycles. The molecule has 27 heavy (non-hydrogen) atoms. The van der Waals surface area contributed by atoms with Crippen molar-refractivity contribution in [3.05, 3.63) is 63.7 Å². The van der Waals surface area contributed by atoms with E-state index in [9.17, 15) is 9.59 Å². The molecule has 0 aliphatic heterocycles. The molecule has 0 spiro atoms. The first-order chi connectivity index (χ1) is 13.0. The molecular formula is C20H18N4O2S. The molecule has 0 unspecified atom stereocenters. The summed E-state index contributed by atoms with van der Waals surface area (Å²) >= 11 is 1.51. The van der Waals surface area contributed by atoms with E-state index in [-0.39, 0.29) is 18.0 Å². The van der Waals surface area contributed by atoms with Gasteiger partial charge in [0.15, 0.2) is 0 Å². The van der Waals surface area contributed by atoms with Crippen LogP contribution in [0.3, 0.4) is 0 Å². The summed E-state index contributed by atoms with van der Waals surface area (Å²) < 4.78 is 1.34. The summed E-state index contributed by atoms with van der Waals surface area (Å²) in [7, 11) is 0. The lowest BCUT2D eigenvalue weighted by Gasteiger charge is -2.10. The smallest absolute Gasteiger partial charge is 0.262 e. The molecule has 0 radical (unpaired) electrons. The number of carbonyl (C=O) groups is 1. The fourth-order valence-electron chi connectivity index (χ4n) is 3.08. The van der Waals surface area contributed by atoms with Crippen molar-refractivity contribution in [1.29, 1.82) is 0 Å². The Morgan fingerprint density at radius 3 is 2.93 bits per heavy atom. The van der Waals surface area contributed by atoms with Crippen LogP contribution in [-0.4, -0.2) is 20.4 Å². The van der Waals surface area contributed by atoms with E-state index in [1.54, 1.807) is 6.20 Å². The number of carbonyl (C=O) groups excluding carboxylic acids is 1. The molecule has 0 saturated heterocycles. The van der Waals surface area contributed by atoms with E-state index < -0.39 is 0 Å². The SMILES string of the molecule is CCc1cc2c(=O)n(CC(=O)Nc3cc(C)cc4cccnc34)cnc2s1. The minimum Gasteiger partial charge on any atom is -0.323 e. The third-order valence-electron chi connectivity index (χ3n) is 4.35. The van der Waals surface area contributed by atoms with Crippen LogP contribution in [-0.2, 0) is 17.8 Å². The van der Waals surface area contributed by atoms with Crippen molar-refractivity contribution in [2.24, 2.45) is 0 Å². The summed E-state index contributed by atoms with van der Waals surface area (Å²) in [6.07, 6.45) is 3.98. The molecule has 3 aromatic heterocycles. The Labute approximate surface area is 159 Å². The van der Waals surface area contributed by atoms with Gasteiger partial charge in [-0.15, -0.1) is 11.3 Å². The highest BCUT2D eigenvalue weighted by atomic mass is 32.1. The molecule has 7 heteroatoms. The number of hydrogen-bond acceptors (Lipinski definition) is 5. The van der Waals surface area contributed by atoms with Crippen molar-refractivity contribution in [2.75, 3.05) is 5.32 Å². The number of hydrogen-bond donors (Lipinski definition) is 1. The Balaban J connectivity index is 1.63. The lowest BCUT2D eigenvalue weighted by atomic mass is 10.1. The predicted molar refractivity (Wildman–Crippen MR) is 108 cm³/mol. The van der Waals surface area contributed by atoms with Crippen LogP contribution in [0.4, 0.5) is 5.69 Å². The fourth-order valence-corrected chi connectivity index (χ4v) is 4.00. The summed E-state index contributed by atoms with van der Waals surface area (Å²) in [5.41, 5.74) is 2.19. The van der Waals surface area contributed by atoms with Gasteiger partial charge in [-0.05, 0) is 43.2 Å². The van der Waals surface area contributed by atoms with Gasteiger partial charge in [-0.25, -0.2) is 4.98 Å². The topological polar surface area (TPSA) is 76.9 Å². The zero-order valence-electron chi connectivity index (χ0n) is 15.0. The summed E-state index contributed by atoms with van der Waals surface area (Å²) in [5, 5.41) is 4.40. The van der Waals surface area contributed by atoms with E-state index in [0.717, 1.165) is 27.8 Å². The molecule has 1 N–H and O–H groups in total. The first kappa shape index (κ1) is 17.4. The molecule has 0 atom stereocenters. The monoisotopic (exact) mass is 378 g/mol. The highest BCUT2D eigenvalue weighted by molar-refractivity contribution is 7.18. The average Bonchev–Trinajstić information content (AvgIpc) is 3.08. The molecule has 0 aliphatic rings. The second-order valence-electron chi connectivity index (χ2n) is 6.40. The van der Waals surface area contributed by atoms with Gasteiger partial charge in [0.05, 0.1) is 22.9 Å². The number of aromatic nitrogens is 3. The van der Waals surface area contributed by atoms with Gasteiger partial charge in [0, 0.05) is 16.5 Å². The van der Waals surface area contributed by atoms with Crippen LogP contribution in [0.15, 0.2) is 47.7 Å². The predicted octanol–water partition coefficient (Wildman–Crippen LogP) is 3.52. The molecule has 4 rings (SSSR count). The Morgan fingerprint density at radius 1 is 1.26 bits per heavy atom. The van der Waals surface area contributed by atoms with Gasteiger partial charge in [-0.3, -0.25) is 19.1 Å². The van der Waals surface area contributed by atoms with Gasteiger partial charge in [-0.1, -0.05) is 13.0 Å². The van der Waals surface area contributed by atoms with Gasteiger partial charge in [-0.2, -0.15) is 0 Å². The number of rotatable bonds is 4. The molecular weight excluding hydrogens is 360 g/mol. The number of thiophene rings is 1. The zero-order chi connectivity index (χ0) is 19.0. The van der Waals surface area contributed by atoms with E-state index >= 15 is 0 Å². The van der Waals surface area contributed by atoms with Gasteiger partial charge in [0.25, 0.3) is 5.56 Å². The number of pyridine rings is 1. The molecule has 3 heterocycles. The largest absolute Gasteiger partial charge is 0.323 e. The van der Waals surface area contributed by atoms with Crippen LogP contribution in [0.1, 0.15) is 17.4 Å². The molecule has 1 amide bonds. The lowest BCUT2D eigenvalue weighted by molar-refractivity contribution is -0.116. The maximum absolute atomic E-state index is 12.6. The minimum atomic E-state index is -0.290. The highest BCUT2D eigenvalue weighted by Gasteiger charge is 2.12. The van der Waals surface area contributed by atoms with Gasteiger partial charge >= 0.3 is 0 Å². The van der Waals surface area contributed by atoms with Crippen LogP contribution in [0.25, 0.3) is 21.1 Å². The number of fused-ring (bicyclic) bond motifs is 2. The molecule has 6 nitrogen and oxygen atoms in total. The Morgan fingerprint density at radius 2 is 2.11 bits per heavy atom. The van der Waals surface area contributed by atoms with Crippen molar-refractivity contribution in [3.8, 4) is 0 Å². The van der Waals surface area contributed by atoms with Crippen LogP contribution in [0.5, 0.6) is 0 Å². The fraction of sp³-hybridized carbons (Fsp3) is 0.200. The van der Waals surface area contributed by atoms with Crippen LogP contribution in [0, 0.1) is 6.92 Å². The van der Waals surface area contributed by atoms with Crippen molar-refractivity contribution in [1.82, 2.24) is 14.5 Å². The molecule has 0 bridgehead atoms. The summed E-state index contributed by atoms with van der Waals surface area (Å²) in [4.78, 5) is 35.7. The third kappa shape index (κ3) is 3.33. The number of nitrogens with zero attached hydrogens (tertiary/aromatic N) is 3. The van der Waals surface area contributed by atoms with E-state index in [4.69, 9.17) is 0 Å². The normalized spacial score (nSPS) is 11.2. The van der Waals surface area contributed by atoms with E-state index in [1.807, 2.05) is 44.2 Å². The second-order valence-corrected chi connectivity index (χ2v) is 7.51. The van der Waals surface area contributed by atoms with Gasteiger partial charge < -0.3 is 5.32 Å². The van der Waals surface area contributed by atoms with Crippen molar-refractivity contribution in [3.63, 3.8) is 0 Å². The Bertz CT molecular complexity index is 1230. The molecule has 0 fully saturated rings. The van der Waals surface area contributed by atoms with Crippen molar-refractivity contribution in [2.45, 2.75) is 26.8 Å². The van der Waals surface area contributed by atoms with Crippen LogP contribution >= 0.6 is 11.3 Å². The van der Waals surface area contributed by atoms with E-state index in [2.05, 4.69) is 15.3 Å². The first-order valence-electron chi connectivity index (χ1n) is 8.68. The standard InChI is InChI=1S/C20H18N4O2S/c1-3-14-9-15-19(27-14)22-11-24(20(15)26)10-17(25)23-16-8-12(2)7-13-5-4-6-21-18(13)16/h4-9,11H,3,10H2,1-2H3,(H,23,25). The summed E-state index contributed by atoms with van der Waals surface area (Å²) in [6.45, 7) is 3.91. The second kappa shape index (κ2) is 6.92. The van der Waals surface area contributed by atoms with E-state index in [1.165, 1.54) is 22.2 Å². The molecule has 1 aromatic carbocycles. The Hall–Kier alpha value is -3.06. The summed E-state index contributed by atoms with van der Waals surface area (Å²) in [6, 6.07) is 9.57. The third-order valence-corrected chi connectivity index (χ3v) is 5.54.